The van der Waals surface area contributed by atoms with Gasteiger partial charge in [0.1, 0.15) is 0 Å². The van der Waals surface area contributed by atoms with Crippen LogP contribution in [-0.2, 0) is 0 Å². The minimum absolute atomic E-state index is 0.217. The number of rotatable bonds is 15. The molecule has 2 saturated heterocycles. The summed E-state index contributed by atoms with van der Waals surface area (Å²) in [6.45, 7) is 24.8. The van der Waals surface area contributed by atoms with Gasteiger partial charge in [-0.1, -0.05) is 31.8 Å². The Morgan fingerprint density at radius 3 is 1.32 bits per heavy atom. The molecule has 2 aliphatic rings. The number of anilines is 3. The molecule has 8 nitrogen and oxygen atoms in total. The van der Waals surface area contributed by atoms with Crippen LogP contribution in [0.3, 0.4) is 0 Å². The first-order chi connectivity index (χ1) is 18.7. The van der Waals surface area contributed by atoms with E-state index in [1.54, 1.807) is 0 Å². The molecule has 2 fully saturated rings. The quantitative estimate of drug-likeness (QED) is 0.120. The Morgan fingerprint density at radius 2 is 0.975 bits per heavy atom. The largest absolute Gasteiger partial charge is 0.354 e. The number of hydrogen-bond donors (Lipinski definition) is 5. The number of nitrogens with one attached hydrogen (secondary N) is 5. The van der Waals surface area contributed by atoms with E-state index in [1.807, 2.05) is 6.08 Å². The van der Waals surface area contributed by atoms with Crippen LogP contribution in [0.25, 0.3) is 0 Å². The van der Waals surface area contributed by atoms with E-state index in [0.29, 0.717) is 24.4 Å². The minimum Gasteiger partial charge on any atom is -0.354 e. The lowest BCUT2D eigenvalue weighted by Crippen LogP contribution is -2.57. The Bertz CT molecular complexity index is 841. The van der Waals surface area contributed by atoms with E-state index in [0.717, 1.165) is 37.8 Å². The van der Waals surface area contributed by atoms with E-state index in [4.69, 9.17) is 0 Å². The summed E-state index contributed by atoms with van der Waals surface area (Å²) in [5.41, 5.74) is 0.869. The Labute approximate surface area is 245 Å². The van der Waals surface area contributed by atoms with Gasteiger partial charge in [-0.05, 0) is 106 Å². The maximum atomic E-state index is 4.67. The van der Waals surface area contributed by atoms with Gasteiger partial charge in [0.25, 0.3) is 0 Å². The molecule has 1 aromatic rings. The van der Waals surface area contributed by atoms with Crippen molar-refractivity contribution in [2.45, 2.75) is 142 Å². The second-order valence-corrected chi connectivity index (χ2v) is 15.2. The van der Waals surface area contributed by atoms with Gasteiger partial charge in [0.15, 0.2) is 0 Å². The number of unbranched alkanes of at least 4 members (excludes halogenated alkanes) is 2. The molecule has 0 saturated carbocycles. The topological polar surface area (TPSA) is 98.8 Å². The molecule has 0 aromatic carbocycles. The summed E-state index contributed by atoms with van der Waals surface area (Å²) in [5, 5.41) is 17.7. The highest BCUT2D eigenvalue weighted by Crippen LogP contribution is 2.36. The van der Waals surface area contributed by atoms with Crippen LogP contribution in [0.5, 0.6) is 0 Å². The number of hydrogen-bond acceptors (Lipinski definition) is 8. The van der Waals surface area contributed by atoms with Crippen LogP contribution in [-0.4, -0.2) is 56.7 Å². The zero-order valence-electron chi connectivity index (χ0n) is 27.0. The molecule has 0 spiro atoms. The van der Waals surface area contributed by atoms with Gasteiger partial charge in [-0.2, -0.15) is 15.0 Å². The third kappa shape index (κ3) is 11.5. The summed E-state index contributed by atoms with van der Waals surface area (Å²) in [5.74, 6) is 3.40. The van der Waals surface area contributed by atoms with E-state index in [1.165, 1.54) is 51.4 Å². The Morgan fingerprint density at radius 1 is 0.625 bits per heavy atom. The van der Waals surface area contributed by atoms with Crippen LogP contribution < -0.4 is 26.6 Å². The molecule has 3 rings (SSSR count). The zero-order valence-corrected chi connectivity index (χ0v) is 27.0. The highest BCUT2D eigenvalue weighted by Gasteiger charge is 2.38. The lowest BCUT2D eigenvalue weighted by atomic mass is 9.74. The highest BCUT2D eigenvalue weighted by molar-refractivity contribution is 5.42. The van der Waals surface area contributed by atoms with Crippen molar-refractivity contribution in [3.05, 3.63) is 12.7 Å². The fraction of sp³-hybridized carbons (Fsp3) is 0.844. The summed E-state index contributed by atoms with van der Waals surface area (Å²) in [6, 6.07) is 0. The van der Waals surface area contributed by atoms with E-state index in [-0.39, 0.29) is 22.2 Å². The van der Waals surface area contributed by atoms with Crippen molar-refractivity contribution in [3.63, 3.8) is 0 Å². The summed E-state index contributed by atoms with van der Waals surface area (Å²) in [7, 11) is 0. The molecule has 40 heavy (non-hydrogen) atoms. The van der Waals surface area contributed by atoms with Gasteiger partial charge in [-0.25, -0.2) is 0 Å². The molecular weight excluding hydrogens is 496 g/mol. The SMILES string of the molecule is C=CCNc1nc(NCCCCC2CC(C)(C)NC(C)(C)C2)nc(NCCCCC2CC(C)(C)NC(C)(C)C2)n1. The minimum atomic E-state index is 0.217. The van der Waals surface area contributed by atoms with E-state index in [2.05, 4.69) is 104 Å². The van der Waals surface area contributed by atoms with Gasteiger partial charge in [-0.15, -0.1) is 6.58 Å². The van der Waals surface area contributed by atoms with E-state index >= 15 is 0 Å². The molecule has 0 amide bonds. The molecule has 0 aliphatic carbocycles. The van der Waals surface area contributed by atoms with Crippen molar-refractivity contribution >= 4 is 17.8 Å². The van der Waals surface area contributed by atoms with Gasteiger partial charge in [0.2, 0.25) is 17.8 Å². The van der Waals surface area contributed by atoms with Gasteiger partial charge < -0.3 is 26.6 Å². The third-order valence-electron chi connectivity index (χ3n) is 8.23. The fourth-order valence-electron chi connectivity index (χ4n) is 7.77. The molecule has 1 aromatic heterocycles. The van der Waals surface area contributed by atoms with E-state index in [9.17, 15) is 0 Å². The fourth-order valence-corrected chi connectivity index (χ4v) is 7.77. The van der Waals surface area contributed by atoms with Crippen LogP contribution in [0.15, 0.2) is 12.7 Å². The van der Waals surface area contributed by atoms with Crippen LogP contribution in [0, 0.1) is 11.8 Å². The maximum Gasteiger partial charge on any atom is 0.229 e. The molecule has 228 valence electrons. The average Bonchev–Trinajstić information content (AvgIpc) is 2.78. The van der Waals surface area contributed by atoms with Crippen molar-refractivity contribution in [2.75, 3.05) is 35.6 Å². The second kappa shape index (κ2) is 13.8. The molecule has 0 radical (unpaired) electrons. The second-order valence-electron chi connectivity index (χ2n) is 15.2. The first-order valence-electron chi connectivity index (χ1n) is 15.8. The third-order valence-corrected chi connectivity index (χ3v) is 8.23. The predicted molar refractivity (Wildman–Crippen MR) is 171 cm³/mol. The summed E-state index contributed by atoms with van der Waals surface area (Å²) in [6.07, 6.45) is 14.0. The Kier molecular flexibility index (Phi) is 11.3. The predicted octanol–water partition coefficient (Wildman–Crippen LogP) is 6.75. The molecule has 2 aliphatic heterocycles. The summed E-state index contributed by atoms with van der Waals surface area (Å²) >= 11 is 0. The van der Waals surface area contributed by atoms with Gasteiger partial charge >= 0.3 is 0 Å². The summed E-state index contributed by atoms with van der Waals surface area (Å²) < 4.78 is 0. The van der Waals surface area contributed by atoms with Gasteiger partial charge in [0, 0.05) is 41.8 Å². The smallest absolute Gasteiger partial charge is 0.229 e. The molecule has 0 unspecified atom stereocenters. The number of nitrogens with zero attached hydrogens (tertiary/aromatic N) is 3. The molecule has 0 bridgehead atoms. The van der Waals surface area contributed by atoms with Crippen molar-refractivity contribution in [1.82, 2.24) is 25.6 Å². The van der Waals surface area contributed by atoms with Crippen molar-refractivity contribution in [1.29, 1.82) is 0 Å². The molecule has 5 N–H and O–H groups in total. The lowest BCUT2D eigenvalue weighted by Gasteiger charge is -2.46. The Balaban J connectivity index is 1.42. The van der Waals surface area contributed by atoms with Crippen LogP contribution in [0.4, 0.5) is 17.8 Å². The van der Waals surface area contributed by atoms with Crippen molar-refractivity contribution in [2.24, 2.45) is 11.8 Å². The molecule has 3 heterocycles. The van der Waals surface area contributed by atoms with Crippen LogP contribution in [0.2, 0.25) is 0 Å². The molecule has 0 atom stereocenters. The van der Waals surface area contributed by atoms with Gasteiger partial charge in [-0.3, -0.25) is 0 Å². The molecule has 8 heteroatoms. The first-order valence-corrected chi connectivity index (χ1v) is 15.8. The average molecular weight is 557 g/mol. The standard InChI is InChI=1S/C32H60N8/c1-10-17-33-26-36-27(34-18-13-11-15-24-20-29(2,3)39-30(4,5)21-24)38-28(37-26)35-19-14-12-16-25-22-31(6,7)40-32(8,9)23-25/h10,24-25,39-40H,1,11-23H2,2-9H3,(H3,33,34,35,36,37,38). The lowest BCUT2D eigenvalue weighted by molar-refractivity contribution is 0.121. The first kappa shape index (κ1) is 32.6. The van der Waals surface area contributed by atoms with Crippen molar-refractivity contribution in [3.8, 4) is 0 Å². The maximum absolute atomic E-state index is 4.67. The van der Waals surface area contributed by atoms with Crippen molar-refractivity contribution < 1.29 is 0 Å². The normalized spacial score (nSPS) is 22.0. The number of piperidine rings is 2. The van der Waals surface area contributed by atoms with Crippen LogP contribution >= 0.6 is 0 Å². The number of aromatic nitrogens is 3. The van der Waals surface area contributed by atoms with E-state index < -0.39 is 0 Å². The Hall–Kier alpha value is -1.93. The zero-order chi connectivity index (χ0) is 29.4. The summed E-state index contributed by atoms with van der Waals surface area (Å²) in [4.78, 5) is 13.8. The van der Waals surface area contributed by atoms with Crippen LogP contribution in [0.1, 0.15) is 120 Å². The van der Waals surface area contributed by atoms with Gasteiger partial charge in [0.05, 0.1) is 0 Å². The highest BCUT2D eigenvalue weighted by atomic mass is 15.3. The monoisotopic (exact) mass is 556 g/mol. The molecular formula is C32H60N8.